The number of aryl methyl sites for hydroxylation is 1. The number of H-pyrrole nitrogens is 1. The molecule has 2 rings (SSSR count). The molecule has 0 aromatic carbocycles. The highest BCUT2D eigenvalue weighted by Crippen LogP contribution is 2.22. The summed E-state index contributed by atoms with van der Waals surface area (Å²) in [7, 11) is 0. The van der Waals surface area contributed by atoms with Gasteiger partial charge in [0, 0.05) is 18.4 Å². The van der Waals surface area contributed by atoms with Crippen molar-refractivity contribution in [2.75, 3.05) is 11.9 Å². The van der Waals surface area contributed by atoms with Crippen molar-refractivity contribution in [1.29, 1.82) is 0 Å². The highest BCUT2D eigenvalue weighted by molar-refractivity contribution is 5.92. The fraction of sp³-hybridized carbons (Fsp3) is 0.667. The summed E-state index contributed by atoms with van der Waals surface area (Å²) < 4.78 is 5.49. The van der Waals surface area contributed by atoms with Crippen molar-refractivity contribution in [3.05, 3.63) is 11.8 Å². The molecule has 1 aromatic heterocycles. The Bertz CT molecular complexity index is 389. The van der Waals surface area contributed by atoms with Crippen LogP contribution in [0, 0.1) is 5.92 Å². The third kappa shape index (κ3) is 2.85. The van der Waals surface area contributed by atoms with Gasteiger partial charge in [-0.1, -0.05) is 6.92 Å². The Morgan fingerprint density at radius 3 is 3.18 bits per heavy atom. The van der Waals surface area contributed by atoms with Gasteiger partial charge in [0.2, 0.25) is 5.91 Å². The number of hydrogen-bond donors (Lipinski definition) is 2. The second-order valence-corrected chi connectivity index (χ2v) is 4.45. The number of hydrogen-bond acceptors (Lipinski definition) is 3. The Morgan fingerprint density at radius 2 is 2.53 bits per heavy atom. The maximum atomic E-state index is 12.0. The average molecular weight is 237 g/mol. The van der Waals surface area contributed by atoms with Gasteiger partial charge in [-0.25, -0.2) is 0 Å². The van der Waals surface area contributed by atoms with E-state index in [-0.39, 0.29) is 17.9 Å². The standard InChI is InChI=1S/C12H19N3O2/c1-3-9-7-11(15-14-9)13-12(16)10-5-4-6-17-8(10)2/h7-8,10H,3-6H2,1-2H3,(H2,13,14,15,16). The van der Waals surface area contributed by atoms with Crippen LogP contribution in [-0.4, -0.2) is 28.8 Å². The molecule has 0 bridgehead atoms. The number of amides is 1. The predicted molar refractivity (Wildman–Crippen MR) is 64.7 cm³/mol. The molecule has 94 valence electrons. The first kappa shape index (κ1) is 12.1. The molecule has 2 heterocycles. The number of nitrogens with zero attached hydrogens (tertiary/aromatic N) is 1. The van der Waals surface area contributed by atoms with Crippen LogP contribution in [0.4, 0.5) is 5.82 Å². The molecular weight excluding hydrogens is 218 g/mol. The number of rotatable bonds is 3. The first-order valence-electron chi connectivity index (χ1n) is 6.17. The van der Waals surface area contributed by atoms with Gasteiger partial charge in [0.15, 0.2) is 5.82 Å². The highest BCUT2D eigenvalue weighted by Gasteiger charge is 2.28. The Labute approximate surface area is 101 Å². The van der Waals surface area contributed by atoms with Gasteiger partial charge in [-0.05, 0) is 26.2 Å². The second kappa shape index (κ2) is 5.31. The van der Waals surface area contributed by atoms with Crippen LogP contribution >= 0.6 is 0 Å². The summed E-state index contributed by atoms with van der Waals surface area (Å²) in [4.78, 5) is 12.0. The molecular formula is C12H19N3O2. The Balaban J connectivity index is 1.95. The van der Waals surface area contributed by atoms with Crippen LogP contribution in [0.25, 0.3) is 0 Å². The van der Waals surface area contributed by atoms with Gasteiger partial charge in [-0.2, -0.15) is 5.10 Å². The Hall–Kier alpha value is -1.36. The van der Waals surface area contributed by atoms with Crippen molar-refractivity contribution in [2.24, 2.45) is 5.92 Å². The van der Waals surface area contributed by atoms with Crippen molar-refractivity contribution in [1.82, 2.24) is 10.2 Å². The van der Waals surface area contributed by atoms with E-state index in [2.05, 4.69) is 15.5 Å². The minimum absolute atomic E-state index is 0.00588. The summed E-state index contributed by atoms with van der Waals surface area (Å²) in [5.41, 5.74) is 1.02. The molecule has 5 heteroatoms. The number of anilines is 1. The molecule has 1 aliphatic rings. The molecule has 1 aromatic rings. The molecule has 1 saturated heterocycles. The minimum Gasteiger partial charge on any atom is -0.378 e. The van der Waals surface area contributed by atoms with E-state index < -0.39 is 0 Å². The lowest BCUT2D eigenvalue weighted by molar-refractivity contribution is -0.127. The Kier molecular flexibility index (Phi) is 3.78. The fourth-order valence-electron chi connectivity index (χ4n) is 2.09. The molecule has 0 spiro atoms. The zero-order valence-electron chi connectivity index (χ0n) is 10.3. The van der Waals surface area contributed by atoms with Crippen molar-refractivity contribution >= 4 is 11.7 Å². The molecule has 2 N–H and O–H groups in total. The summed E-state index contributed by atoms with van der Waals surface area (Å²) in [5, 5.41) is 9.76. The van der Waals surface area contributed by atoms with E-state index in [1.807, 2.05) is 19.9 Å². The van der Waals surface area contributed by atoms with Crippen LogP contribution in [0.3, 0.4) is 0 Å². The normalized spacial score (nSPS) is 24.6. The summed E-state index contributed by atoms with van der Waals surface area (Å²) >= 11 is 0. The molecule has 2 unspecified atom stereocenters. The molecule has 1 fully saturated rings. The quantitative estimate of drug-likeness (QED) is 0.841. The van der Waals surface area contributed by atoms with E-state index in [0.29, 0.717) is 5.82 Å². The number of carbonyl (C=O) groups excluding carboxylic acids is 1. The lowest BCUT2D eigenvalue weighted by atomic mass is 9.94. The smallest absolute Gasteiger partial charge is 0.231 e. The molecule has 17 heavy (non-hydrogen) atoms. The first-order chi connectivity index (χ1) is 8.20. The van der Waals surface area contributed by atoms with E-state index in [4.69, 9.17) is 4.74 Å². The number of carbonyl (C=O) groups is 1. The van der Waals surface area contributed by atoms with E-state index in [1.54, 1.807) is 0 Å². The van der Waals surface area contributed by atoms with E-state index >= 15 is 0 Å². The van der Waals surface area contributed by atoms with Crippen molar-refractivity contribution in [3.63, 3.8) is 0 Å². The largest absolute Gasteiger partial charge is 0.378 e. The van der Waals surface area contributed by atoms with Gasteiger partial charge in [-0.15, -0.1) is 0 Å². The topological polar surface area (TPSA) is 67.0 Å². The number of aromatic nitrogens is 2. The summed E-state index contributed by atoms with van der Waals surface area (Å²) in [6, 6.07) is 1.87. The van der Waals surface area contributed by atoms with Crippen molar-refractivity contribution < 1.29 is 9.53 Å². The highest BCUT2D eigenvalue weighted by atomic mass is 16.5. The van der Waals surface area contributed by atoms with Crippen LogP contribution in [0.5, 0.6) is 0 Å². The van der Waals surface area contributed by atoms with Crippen LogP contribution in [0.2, 0.25) is 0 Å². The van der Waals surface area contributed by atoms with Crippen LogP contribution < -0.4 is 5.32 Å². The summed E-state index contributed by atoms with van der Waals surface area (Å²) in [5.74, 6) is 0.543. The van der Waals surface area contributed by atoms with Crippen molar-refractivity contribution in [3.8, 4) is 0 Å². The van der Waals surface area contributed by atoms with E-state index in [9.17, 15) is 4.79 Å². The average Bonchev–Trinajstić information content (AvgIpc) is 2.77. The molecule has 0 radical (unpaired) electrons. The maximum Gasteiger partial charge on any atom is 0.231 e. The molecule has 2 atom stereocenters. The molecule has 1 amide bonds. The van der Waals surface area contributed by atoms with Crippen molar-refractivity contribution in [2.45, 2.75) is 39.2 Å². The fourth-order valence-corrected chi connectivity index (χ4v) is 2.09. The Morgan fingerprint density at radius 1 is 1.71 bits per heavy atom. The van der Waals surface area contributed by atoms with Gasteiger partial charge in [0.1, 0.15) is 0 Å². The molecule has 0 aliphatic carbocycles. The minimum atomic E-state index is -0.0643. The van der Waals surface area contributed by atoms with Gasteiger partial charge in [0.05, 0.1) is 12.0 Å². The van der Waals surface area contributed by atoms with Gasteiger partial charge in [0.25, 0.3) is 0 Å². The molecule has 0 saturated carbocycles. The summed E-state index contributed by atoms with van der Waals surface area (Å²) in [6.07, 6.45) is 2.71. The maximum absolute atomic E-state index is 12.0. The number of aromatic amines is 1. The van der Waals surface area contributed by atoms with Crippen LogP contribution in [0.15, 0.2) is 6.07 Å². The third-order valence-electron chi connectivity index (χ3n) is 3.21. The van der Waals surface area contributed by atoms with E-state index in [0.717, 1.165) is 31.6 Å². The van der Waals surface area contributed by atoms with Crippen LogP contribution in [0.1, 0.15) is 32.4 Å². The zero-order chi connectivity index (χ0) is 12.3. The van der Waals surface area contributed by atoms with Gasteiger partial charge >= 0.3 is 0 Å². The molecule has 1 aliphatic heterocycles. The van der Waals surface area contributed by atoms with E-state index in [1.165, 1.54) is 0 Å². The number of nitrogens with one attached hydrogen (secondary N) is 2. The van der Waals surface area contributed by atoms with Gasteiger partial charge in [-0.3, -0.25) is 9.89 Å². The van der Waals surface area contributed by atoms with Crippen LogP contribution in [-0.2, 0) is 16.0 Å². The van der Waals surface area contributed by atoms with Gasteiger partial charge < -0.3 is 10.1 Å². The SMILES string of the molecule is CCc1cc(NC(=O)C2CCCOC2C)n[nH]1. The zero-order valence-corrected chi connectivity index (χ0v) is 10.3. The lowest BCUT2D eigenvalue weighted by Crippen LogP contribution is -2.36. The lowest BCUT2D eigenvalue weighted by Gasteiger charge is -2.27. The monoisotopic (exact) mass is 237 g/mol. The summed E-state index contributed by atoms with van der Waals surface area (Å²) in [6.45, 7) is 4.74. The predicted octanol–water partition coefficient (Wildman–Crippen LogP) is 1.73. The first-order valence-corrected chi connectivity index (χ1v) is 6.17. The molecule has 5 nitrogen and oxygen atoms in total. The third-order valence-corrected chi connectivity index (χ3v) is 3.21. The second-order valence-electron chi connectivity index (χ2n) is 4.45. The number of ether oxygens (including phenoxy) is 1.